The number of methoxy groups -OCH3 is 1. The van der Waals surface area contributed by atoms with Crippen LogP contribution in [-0.4, -0.2) is 51.5 Å². The fraction of sp³-hybridized carbons (Fsp3) is 0.261. The molecule has 0 aliphatic heterocycles. The van der Waals surface area contributed by atoms with Crippen LogP contribution in [0.2, 0.25) is 5.02 Å². The number of amides is 1. The SMILES string of the molecule is C=C(C)CN(CC)C(=O)CSc1nnc(-c2ccccc2)n1-c1ccc(OC)c(Cl)c1. The average Bonchev–Trinajstić information content (AvgIpc) is 3.20. The summed E-state index contributed by atoms with van der Waals surface area (Å²) in [7, 11) is 1.58. The van der Waals surface area contributed by atoms with Gasteiger partial charge in [-0.1, -0.05) is 65.8 Å². The van der Waals surface area contributed by atoms with Crippen LogP contribution in [0.25, 0.3) is 17.1 Å². The number of hydrogen-bond donors (Lipinski definition) is 0. The van der Waals surface area contributed by atoms with E-state index in [-0.39, 0.29) is 11.7 Å². The van der Waals surface area contributed by atoms with Crippen LogP contribution in [0.5, 0.6) is 5.75 Å². The first kappa shape index (κ1) is 22.9. The van der Waals surface area contributed by atoms with Gasteiger partial charge in [-0.05, 0) is 32.0 Å². The van der Waals surface area contributed by atoms with Crippen LogP contribution in [0.3, 0.4) is 0 Å². The molecule has 0 unspecified atom stereocenters. The van der Waals surface area contributed by atoms with E-state index in [0.29, 0.717) is 34.8 Å². The van der Waals surface area contributed by atoms with Crippen LogP contribution in [0.1, 0.15) is 13.8 Å². The zero-order valence-corrected chi connectivity index (χ0v) is 19.4. The highest BCUT2D eigenvalue weighted by Crippen LogP contribution is 2.32. The lowest BCUT2D eigenvalue weighted by Crippen LogP contribution is -2.33. The van der Waals surface area contributed by atoms with Crippen LogP contribution in [0.15, 0.2) is 65.8 Å². The third-order valence-corrected chi connectivity index (χ3v) is 5.79. The van der Waals surface area contributed by atoms with Crippen LogP contribution in [-0.2, 0) is 4.79 Å². The quantitative estimate of drug-likeness (QED) is 0.330. The molecule has 3 aromatic rings. The third kappa shape index (κ3) is 5.48. The Hall–Kier alpha value is -2.77. The van der Waals surface area contributed by atoms with E-state index < -0.39 is 0 Å². The van der Waals surface area contributed by atoms with Crippen LogP contribution < -0.4 is 4.74 Å². The predicted molar refractivity (Wildman–Crippen MR) is 126 cm³/mol. The monoisotopic (exact) mass is 456 g/mol. The van der Waals surface area contributed by atoms with E-state index in [1.54, 1.807) is 18.1 Å². The van der Waals surface area contributed by atoms with Gasteiger partial charge >= 0.3 is 0 Å². The van der Waals surface area contributed by atoms with E-state index in [1.807, 2.05) is 60.9 Å². The van der Waals surface area contributed by atoms with Crippen molar-refractivity contribution in [3.05, 3.63) is 65.7 Å². The molecule has 0 N–H and O–H groups in total. The van der Waals surface area contributed by atoms with Crippen molar-refractivity contribution in [1.29, 1.82) is 0 Å². The van der Waals surface area contributed by atoms with E-state index in [0.717, 1.165) is 16.8 Å². The molecule has 2 aromatic carbocycles. The number of benzene rings is 2. The molecule has 8 heteroatoms. The molecule has 0 bridgehead atoms. The number of carbonyl (C=O) groups excluding carboxylic acids is 1. The lowest BCUT2D eigenvalue weighted by Gasteiger charge is -2.20. The van der Waals surface area contributed by atoms with Crippen molar-refractivity contribution in [2.24, 2.45) is 0 Å². The van der Waals surface area contributed by atoms with Gasteiger partial charge in [-0.15, -0.1) is 10.2 Å². The van der Waals surface area contributed by atoms with Crippen molar-refractivity contribution in [2.75, 3.05) is 26.0 Å². The number of nitrogens with zero attached hydrogens (tertiary/aromatic N) is 4. The molecular weight excluding hydrogens is 432 g/mol. The molecule has 1 amide bonds. The van der Waals surface area contributed by atoms with Gasteiger partial charge in [0.2, 0.25) is 5.91 Å². The molecule has 0 saturated heterocycles. The van der Waals surface area contributed by atoms with Gasteiger partial charge in [0.05, 0.1) is 23.6 Å². The topological polar surface area (TPSA) is 60.2 Å². The van der Waals surface area contributed by atoms with Gasteiger partial charge in [-0.3, -0.25) is 9.36 Å². The van der Waals surface area contributed by atoms with Crippen molar-refractivity contribution in [1.82, 2.24) is 19.7 Å². The fourth-order valence-corrected chi connectivity index (χ4v) is 4.19. The van der Waals surface area contributed by atoms with Gasteiger partial charge in [-0.25, -0.2) is 0 Å². The summed E-state index contributed by atoms with van der Waals surface area (Å²) in [6, 6.07) is 15.3. The number of ether oxygens (including phenoxy) is 1. The van der Waals surface area contributed by atoms with Crippen molar-refractivity contribution >= 4 is 29.3 Å². The highest BCUT2D eigenvalue weighted by atomic mass is 35.5. The molecule has 0 aliphatic carbocycles. The van der Waals surface area contributed by atoms with Crippen molar-refractivity contribution in [3.8, 4) is 22.8 Å². The summed E-state index contributed by atoms with van der Waals surface area (Å²) in [5.41, 5.74) is 2.65. The largest absolute Gasteiger partial charge is 0.495 e. The van der Waals surface area contributed by atoms with E-state index >= 15 is 0 Å². The van der Waals surface area contributed by atoms with Gasteiger partial charge < -0.3 is 9.64 Å². The second kappa shape index (κ2) is 10.5. The zero-order chi connectivity index (χ0) is 22.4. The summed E-state index contributed by atoms with van der Waals surface area (Å²) in [6.45, 7) is 8.96. The molecule has 31 heavy (non-hydrogen) atoms. The molecule has 6 nitrogen and oxygen atoms in total. The summed E-state index contributed by atoms with van der Waals surface area (Å²) < 4.78 is 7.19. The summed E-state index contributed by atoms with van der Waals surface area (Å²) in [5, 5.41) is 9.87. The lowest BCUT2D eigenvalue weighted by molar-refractivity contribution is -0.127. The molecular formula is C23H25ClN4O2S. The summed E-state index contributed by atoms with van der Waals surface area (Å²) >= 11 is 7.72. The second-order valence-corrected chi connectivity index (χ2v) is 8.33. The third-order valence-electron chi connectivity index (χ3n) is 4.58. The lowest BCUT2D eigenvalue weighted by atomic mass is 10.2. The van der Waals surface area contributed by atoms with E-state index in [1.165, 1.54) is 11.8 Å². The maximum atomic E-state index is 12.7. The highest BCUT2D eigenvalue weighted by Gasteiger charge is 2.19. The summed E-state index contributed by atoms with van der Waals surface area (Å²) in [6.07, 6.45) is 0. The zero-order valence-electron chi connectivity index (χ0n) is 17.8. The van der Waals surface area contributed by atoms with Crippen molar-refractivity contribution in [2.45, 2.75) is 19.0 Å². The van der Waals surface area contributed by atoms with Gasteiger partial charge in [0.25, 0.3) is 0 Å². The normalized spacial score (nSPS) is 10.7. The maximum absolute atomic E-state index is 12.7. The molecule has 0 spiro atoms. The molecule has 0 radical (unpaired) electrons. The number of halogens is 1. The summed E-state index contributed by atoms with van der Waals surface area (Å²) in [5.74, 6) is 1.53. The Morgan fingerprint density at radius 1 is 1.23 bits per heavy atom. The number of carbonyl (C=O) groups is 1. The molecule has 3 rings (SSSR count). The van der Waals surface area contributed by atoms with Gasteiger partial charge in [0, 0.05) is 18.7 Å². The smallest absolute Gasteiger partial charge is 0.233 e. The van der Waals surface area contributed by atoms with Crippen LogP contribution >= 0.6 is 23.4 Å². The highest BCUT2D eigenvalue weighted by molar-refractivity contribution is 7.99. The second-order valence-electron chi connectivity index (χ2n) is 6.98. The van der Waals surface area contributed by atoms with E-state index in [9.17, 15) is 4.79 Å². The van der Waals surface area contributed by atoms with Crippen LogP contribution in [0, 0.1) is 0 Å². The number of rotatable bonds is 9. The predicted octanol–water partition coefficient (Wildman–Crippen LogP) is 5.11. The molecule has 162 valence electrons. The van der Waals surface area contributed by atoms with E-state index in [2.05, 4.69) is 16.8 Å². The molecule has 0 atom stereocenters. The standard InChI is InChI=1S/C23H25ClN4O2S/c1-5-27(14-16(2)3)21(29)15-31-23-26-25-22(17-9-7-6-8-10-17)28(23)18-11-12-20(30-4)19(24)13-18/h6-13H,2,5,14-15H2,1,3-4H3. The van der Waals surface area contributed by atoms with Gasteiger partial charge in [0.15, 0.2) is 11.0 Å². The molecule has 1 heterocycles. The molecule has 1 aromatic heterocycles. The minimum absolute atomic E-state index is 0.0269. The van der Waals surface area contributed by atoms with Crippen molar-refractivity contribution in [3.63, 3.8) is 0 Å². The number of thioether (sulfide) groups is 1. The van der Waals surface area contributed by atoms with Gasteiger partial charge in [0.1, 0.15) is 5.75 Å². The Kier molecular flexibility index (Phi) is 7.76. The van der Waals surface area contributed by atoms with Crippen LogP contribution in [0.4, 0.5) is 0 Å². The molecule has 0 fully saturated rings. The van der Waals surface area contributed by atoms with E-state index in [4.69, 9.17) is 16.3 Å². The number of likely N-dealkylation sites (N-methyl/N-ethyl adjacent to an activating group) is 1. The Morgan fingerprint density at radius 2 is 1.97 bits per heavy atom. The first-order chi connectivity index (χ1) is 14.9. The molecule has 0 aliphatic rings. The first-order valence-electron chi connectivity index (χ1n) is 9.84. The minimum atomic E-state index is 0.0269. The first-order valence-corrected chi connectivity index (χ1v) is 11.2. The summed E-state index contributed by atoms with van der Waals surface area (Å²) in [4.78, 5) is 14.5. The minimum Gasteiger partial charge on any atom is -0.495 e. The Labute approximate surface area is 191 Å². The van der Waals surface area contributed by atoms with Crippen molar-refractivity contribution < 1.29 is 9.53 Å². The average molecular weight is 457 g/mol. The number of hydrogen-bond acceptors (Lipinski definition) is 5. The Morgan fingerprint density at radius 3 is 2.58 bits per heavy atom. The molecule has 0 saturated carbocycles. The fourth-order valence-electron chi connectivity index (χ4n) is 3.08. The maximum Gasteiger partial charge on any atom is 0.233 e. The Bertz CT molecular complexity index is 1070. The number of aromatic nitrogens is 3. The van der Waals surface area contributed by atoms with Gasteiger partial charge in [-0.2, -0.15) is 0 Å². The Balaban J connectivity index is 1.96.